The van der Waals surface area contributed by atoms with Gasteiger partial charge in [0.1, 0.15) is 0 Å². The average Bonchev–Trinajstić information content (AvgIpc) is 2.76. The van der Waals surface area contributed by atoms with Crippen LogP contribution in [0.4, 0.5) is 0 Å². The van der Waals surface area contributed by atoms with E-state index in [0.29, 0.717) is 17.8 Å². The van der Waals surface area contributed by atoms with Crippen LogP contribution in [0.5, 0.6) is 0 Å². The molecule has 2 bridgehead atoms. The van der Waals surface area contributed by atoms with Crippen molar-refractivity contribution >= 4 is 5.91 Å². The average molecular weight is 177 g/mol. The number of hydrogen-bond acceptors (Lipinski definition) is 1. The molecule has 3 aliphatic rings. The van der Waals surface area contributed by atoms with E-state index in [0.717, 1.165) is 6.42 Å². The van der Waals surface area contributed by atoms with Crippen molar-refractivity contribution in [2.75, 3.05) is 0 Å². The first-order chi connectivity index (χ1) is 6.23. The van der Waals surface area contributed by atoms with E-state index in [4.69, 9.17) is 5.73 Å². The topological polar surface area (TPSA) is 43.1 Å². The maximum Gasteiger partial charge on any atom is 0.224 e. The number of primary amides is 1. The van der Waals surface area contributed by atoms with Crippen LogP contribution in [0.1, 0.15) is 25.7 Å². The molecule has 0 aromatic heterocycles. The molecule has 3 atom stereocenters. The second kappa shape index (κ2) is 2.17. The van der Waals surface area contributed by atoms with Gasteiger partial charge in [0.15, 0.2) is 0 Å². The summed E-state index contributed by atoms with van der Waals surface area (Å²) in [6.45, 7) is 0. The summed E-state index contributed by atoms with van der Waals surface area (Å²) < 4.78 is 0. The molecule has 2 N–H and O–H groups in total. The van der Waals surface area contributed by atoms with Crippen LogP contribution in [-0.4, -0.2) is 5.91 Å². The van der Waals surface area contributed by atoms with Crippen LogP contribution >= 0.6 is 0 Å². The highest BCUT2D eigenvalue weighted by Crippen LogP contribution is 2.62. The predicted molar refractivity (Wildman–Crippen MR) is 49.7 cm³/mol. The largest absolute Gasteiger partial charge is 0.369 e. The number of carbonyl (C=O) groups excluding carboxylic acids is 1. The molecular weight excluding hydrogens is 162 g/mol. The zero-order valence-electron chi connectivity index (χ0n) is 7.70. The fourth-order valence-electron chi connectivity index (χ4n) is 3.45. The Labute approximate surface area is 78.2 Å². The molecule has 2 fully saturated rings. The summed E-state index contributed by atoms with van der Waals surface area (Å²) in [5.74, 6) is 1.71. The summed E-state index contributed by atoms with van der Waals surface area (Å²) in [7, 11) is 0. The van der Waals surface area contributed by atoms with Crippen LogP contribution in [0.15, 0.2) is 12.2 Å². The molecule has 0 aromatic rings. The molecule has 0 spiro atoms. The van der Waals surface area contributed by atoms with E-state index in [1.165, 1.54) is 19.3 Å². The van der Waals surface area contributed by atoms with Gasteiger partial charge in [-0.2, -0.15) is 0 Å². The maximum absolute atomic E-state index is 11.6. The van der Waals surface area contributed by atoms with Gasteiger partial charge < -0.3 is 5.73 Å². The second-order valence-electron chi connectivity index (χ2n) is 4.87. The Morgan fingerprint density at radius 1 is 1.38 bits per heavy atom. The lowest BCUT2D eigenvalue weighted by atomic mass is 9.71. The lowest BCUT2D eigenvalue weighted by Crippen LogP contribution is -2.42. The highest BCUT2D eigenvalue weighted by molar-refractivity contribution is 5.83. The number of rotatable bonds is 2. The molecule has 0 saturated heterocycles. The summed E-state index contributed by atoms with van der Waals surface area (Å²) in [6.07, 6.45) is 9.17. The molecule has 13 heavy (non-hydrogen) atoms. The van der Waals surface area contributed by atoms with Crippen LogP contribution in [-0.2, 0) is 4.79 Å². The van der Waals surface area contributed by atoms with Crippen LogP contribution in [0.2, 0.25) is 0 Å². The minimum Gasteiger partial charge on any atom is -0.369 e. The standard InChI is InChI=1S/C11H15NO/c12-10(13)11(8-3-4-8)6-7-1-2-9(11)5-7/h1-2,7-9H,3-6H2,(H2,12,13)/t7-,9+,11+/m1/s1. The summed E-state index contributed by atoms with van der Waals surface area (Å²) >= 11 is 0. The van der Waals surface area contributed by atoms with Gasteiger partial charge in [0.25, 0.3) is 0 Å². The third-order valence-corrected chi connectivity index (χ3v) is 4.20. The van der Waals surface area contributed by atoms with Gasteiger partial charge in [0.2, 0.25) is 5.91 Å². The van der Waals surface area contributed by atoms with Crippen LogP contribution in [0.25, 0.3) is 0 Å². The molecule has 0 heterocycles. The van der Waals surface area contributed by atoms with E-state index in [1.807, 2.05) is 0 Å². The summed E-state index contributed by atoms with van der Waals surface area (Å²) in [4.78, 5) is 11.6. The number of carbonyl (C=O) groups is 1. The third kappa shape index (κ3) is 0.812. The fraction of sp³-hybridized carbons (Fsp3) is 0.727. The minimum atomic E-state index is -0.126. The van der Waals surface area contributed by atoms with E-state index < -0.39 is 0 Å². The quantitative estimate of drug-likeness (QED) is 0.638. The lowest BCUT2D eigenvalue weighted by molar-refractivity contribution is -0.130. The summed E-state index contributed by atoms with van der Waals surface area (Å²) in [5, 5.41) is 0. The predicted octanol–water partition coefficient (Wildman–Crippen LogP) is 1.46. The zero-order valence-corrected chi connectivity index (χ0v) is 7.70. The zero-order chi connectivity index (χ0) is 9.05. The number of amides is 1. The Balaban J connectivity index is 2.00. The molecular formula is C11H15NO. The first-order valence-electron chi connectivity index (χ1n) is 5.21. The van der Waals surface area contributed by atoms with Crippen molar-refractivity contribution in [1.29, 1.82) is 0 Å². The van der Waals surface area contributed by atoms with Crippen molar-refractivity contribution in [1.82, 2.24) is 0 Å². The molecule has 3 rings (SSSR count). The van der Waals surface area contributed by atoms with Gasteiger partial charge in [-0.15, -0.1) is 0 Å². The molecule has 2 nitrogen and oxygen atoms in total. The molecule has 1 amide bonds. The van der Waals surface area contributed by atoms with Crippen molar-refractivity contribution in [3.8, 4) is 0 Å². The smallest absolute Gasteiger partial charge is 0.224 e. The normalized spacial score (nSPS) is 47.1. The van der Waals surface area contributed by atoms with Crippen molar-refractivity contribution in [3.63, 3.8) is 0 Å². The molecule has 0 unspecified atom stereocenters. The molecule has 0 aliphatic heterocycles. The van der Waals surface area contributed by atoms with Crippen molar-refractivity contribution in [3.05, 3.63) is 12.2 Å². The lowest BCUT2D eigenvalue weighted by Gasteiger charge is -2.32. The van der Waals surface area contributed by atoms with E-state index in [2.05, 4.69) is 12.2 Å². The fourth-order valence-corrected chi connectivity index (χ4v) is 3.45. The molecule has 0 radical (unpaired) electrons. The van der Waals surface area contributed by atoms with E-state index in [-0.39, 0.29) is 11.3 Å². The van der Waals surface area contributed by atoms with Crippen LogP contribution < -0.4 is 5.73 Å². The highest BCUT2D eigenvalue weighted by atomic mass is 16.1. The van der Waals surface area contributed by atoms with E-state index in [9.17, 15) is 4.79 Å². The van der Waals surface area contributed by atoms with Crippen LogP contribution in [0, 0.1) is 23.2 Å². The van der Waals surface area contributed by atoms with E-state index in [1.54, 1.807) is 0 Å². The molecule has 2 heteroatoms. The first kappa shape index (κ1) is 7.60. The van der Waals surface area contributed by atoms with Crippen molar-refractivity contribution in [2.45, 2.75) is 25.7 Å². The summed E-state index contributed by atoms with van der Waals surface area (Å²) in [6, 6.07) is 0. The van der Waals surface area contributed by atoms with Gasteiger partial charge >= 0.3 is 0 Å². The first-order valence-corrected chi connectivity index (χ1v) is 5.21. The Morgan fingerprint density at radius 2 is 2.15 bits per heavy atom. The third-order valence-electron chi connectivity index (χ3n) is 4.20. The highest BCUT2D eigenvalue weighted by Gasteiger charge is 2.59. The van der Waals surface area contributed by atoms with Gasteiger partial charge in [-0.3, -0.25) is 4.79 Å². The van der Waals surface area contributed by atoms with Crippen molar-refractivity contribution < 1.29 is 4.79 Å². The number of nitrogens with two attached hydrogens (primary N) is 1. The monoisotopic (exact) mass is 177 g/mol. The Hall–Kier alpha value is -0.790. The van der Waals surface area contributed by atoms with Gasteiger partial charge in [-0.25, -0.2) is 0 Å². The van der Waals surface area contributed by atoms with Gasteiger partial charge in [0.05, 0.1) is 5.41 Å². The molecule has 70 valence electrons. The summed E-state index contributed by atoms with van der Waals surface area (Å²) in [5.41, 5.74) is 5.46. The Morgan fingerprint density at radius 3 is 2.54 bits per heavy atom. The second-order valence-corrected chi connectivity index (χ2v) is 4.87. The number of allylic oxidation sites excluding steroid dienone is 2. The van der Waals surface area contributed by atoms with Gasteiger partial charge in [-0.1, -0.05) is 12.2 Å². The van der Waals surface area contributed by atoms with E-state index >= 15 is 0 Å². The van der Waals surface area contributed by atoms with Gasteiger partial charge in [-0.05, 0) is 43.4 Å². The van der Waals surface area contributed by atoms with Crippen LogP contribution in [0.3, 0.4) is 0 Å². The molecule has 3 aliphatic carbocycles. The minimum absolute atomic E-state index is 0.0353. The van der Waals surface area contributed by atoms with Gasteiger partial charge in [0, 0.05) is 0 Å². The molecule has 2 saturated carbocycles. The number of hydrogen-bond donors (Lipinski definition) is 1. The molecule has 0 aromatic carbocycles. The number of fused-ring (bicyclic) bond motifs is 2. The Kier molecular flexibility index (Phi) is 1.27. The SMILES string of the molecule is NC(=O)[C@]1(C2CC2)C[C@@H]2C=C[C@H]1C2. The Bertz CT molecular complexity index is 292. The van der Waals surface area contributed by atoms with Crippen molar-refractivity contribution in [2.24, 2.45) is 28.9 Å². The maximum atomic E-state index is 11.6.